The standard InChI is InChI=1S/C15H23NO2/c17-7-10-2-1-3-11(10)16-15(18)14-12-8-4-5-9(6-8)13(12)14/h8-14,17H,1-7H2,(H,16,18). The van der Waals surface area contributed by atoms with Crippen LogP contribution in [0.15, 0.2) is 0 Å². The number of aliphatic hydroxyl groups is 1. The predicted octanol–water partition coefficient (Wildman–Crippen LogP) is 1.56. The molecule has 4 rings (SSSR count). The van der Waals surface area contributed by atoms with Gasteiger partial charge in [0.05, 0.1) is 0 Å². The van der Waals surface area contributed by atoms with Gasteiger partial charge in [-0.05, 0) is 55.8 Å². The molecule has 6 atom stereocenters. The topological polar surface area (TPSA) is 49.3 Å². The molecule has 4 aliphatic carbocycles. The molecule has 3 nitrogen and oxygen atoms in total. The van der Waals surface area contributed by atoms with E-state index in [-0.39, 0.29) is 12.6 Å². The van der Waals surface area contributed by atoms with E-state index >= 15 is 0 Å². The van der Waals surface area contributed by atoms with E-state index in [0.717, 1.165) is 42.9 Å². The highest BCUT2D eigenvalue weighted by atomic mass is 16.3. The molecule has 2 N–H and O–H groups in total. The van der Waals surface area contributed by atoms with Crippen LogP contribution >= 0.6 is 0 Å². The average Bonchev–Trinajstić information content (AvgIpc) is 2.73. The summed E-state index contributed by atoms with van der Waals surface area (Å²) < 4.78 is 0. The Morgan fingerprint density at radius 1 is 1.11 bits per heavy atom. The molecule has 4 aliphatic rings. The van der Waals surface area contributed by atoms with Crippen molar-refractivity contribution < 1.29 is 9.90 Å². The van der Waals surface area contributed by atoms with Crippen LogP contribution in [0.3, 0.4) is 0 Å². The van der Waals surface area contributed by atoms with E-state index in [1.165, 1.54) is 19.3 Å². The molecular formula is C15H23NO2. The maximum absolute atomic E-state index is 12.4. The van der Waals surface area contributed by atoms with E-state index in [1.54, 1.807) is 0 Å². The van der Waals surface area contributed by atoms with Gasteiger partial charge in [-0.25, -0.2) is 0 Å². The van der Waals surface area contributed by atoms with E-state index in [4.69, 9.17) is 0 Å². The van der Waals surface area contributed by atoms with Gasteiger partial charge in [-0.1, -0.05) is 6.42 Å². The van der Waals surface area contributed by atoms with Gasteiger partial charge in [-0.2, -0.15) is 0 Å². The minimum absolute atomic E-state index is 0.230. The van der Waals surface area contributed by atoms with Gasteiger partial charge >= 0.3 is 0 Å². The number of carbonyl (C=O) groups is 1. The van der Waals surface area contributed by atoms with Crippen molar-refractivity contribution in [1.82, 2.24) is 5.32 Å². The lowest BCUT2D eigenvalue weighted by atomic mass is 10.0. The van der Waals surface area contributed by atoms with Crippen molar-refractivity contribution in [2.75, 3.05) is 6.61 Å². The zero-order valence-corrected chi connectivity index (χ0v) is 10.8. The van der Waals surface area contributed by atoms with Crippen LogP contribution in [-0.2, 0) is 4.79 Å². The van der Waals surface area contributed by atoms with E-state index < -0.39 is 0 Å². The Morgan fingerprint density at radius 3 is 2.50 bits per heavy atom. The summed E-state index contributed by atoms with van der Waals surface area (Å²) in [4.78, 5) is 12.4. The SMILES string of the molecule is O=C(NC1CCCC1CO)C1C2C3CCC(C3)C12. The van der Waals surface area contributed by atoms with E-state index in [1.807, 2.05) is 0 Å². The van der Waals surface area contributed by atoms with Crippen molar-refractivity contribution in [1.29, 1.82) is 0 Å². The second-order valence-electron chi connectivity index (χ2n) is 7.00. The zero-order chi connectivity index (χ0) is 12.3. The van der Waals surface area contributed by atoms with Gasteiger partial charge in [0.2, 0.25) is 5.91 Å². The third-order valence-corrected chi connectivity index (χ3v) is 6.26. The third kappa shape index (κ3) is 1.49. The molecule has 0 radical (unpaired) electrons. The molecule has 2 bridgehead atoms. The summed E-state index contributed by atoms with van der Waals surface area (Å²) in [6.07, 6.45) is 7.44. The highest BCUT2D eigenvalue weighted by molar-refractivity contribution is 5.83. The number of hydrogen-bond donors (Lipinski definition) is 2. The first kappa shape index (κ1) is 11.3. The first-order valence-electron chi connectivity index (χ1n) is 7.71. The van der Waals surface area contributed by atoms with Crippen molar-refractivity contribution in [3.8, 4) is 0 Å². The number of aliphatic hydroxyl groups excluding tert-OH is 1. The molecule has 4 fully saturated rings. The molecule has 4 saturated carbocycles. The lowest BCUT2D eigenvalue weighted by molar-refractivity contribution is -0.124. The number of nitrogens with one attached hydrogen (secondary N) is 1. The van der Waals surface area contributed by atoms with Crippen LogP contribution < -0.4 is 5.32 Å². The molecule has 1 amide bonds. The summed E-state index contributed by atoms with van der Waals surface area (Å²) in [7, 11) is 0. The summed E-state index contributed by atoms with van der Waals surface area (Å²) in [5.41, 5.74) is 0. The van der Waals surface area contributed by atoms with Crippen molar-refractivity contribution >= 4 is 5.91 Å². The summed E-state index contributed by atoms with van der Waals surface area (Å²) >= 11 is 0. The van der Waals surface area contributed by atoms with Gasteiger partial charge in [-0.15, -0.1) is 0 Å². The second-order valence-corrected chi connectivity index (χ2v) is 7.00. The van der Waals surface area contributed by atoms with Crippen LogP contribution in [0.2, 0.25) is 0 Å². The van der Waals surface area contributed by atoms with Crippen LogP contribution in [0.25, 0.3) is 0 Å². The van der Waals surface area contributed by atoms with Gasteiger partial charge in [0, 0.05) is 24.5 Å². The zero-order valence-electron chi connectivity index (χ0n) is 10.8. The monoisotopic (exact) mass is 249 g/mol. The largest absolute Gasteiger partial charge is 0.396 e. The highest BCUT2D eigenvalue weighted by Gasteiger charge is 2.67. The minimum Gasteiger partial charge on any atom is -0.396 e. The van der Waals surface area contributed by atoms with Gasteiger partial charge in [0.25, 0.3) is 0 Å². The Kier molecular flexibility index (Phi) is 2.48. The lowest BCUT2D eigenvalue weighted by Gasteiger charge is -2.20. The fourth-order valence-electron chi connectivity index (χ4n) is 5.40. The number of amides is 1. The molecule has 18 heavy (non-hydrogen) atoms. The molecule has 0 heterocycles. The predicted molar refractivity (Wildman–Crippen MR) is 67.7 cm³/mol. The molecule has 100 valence electrons. The van der Waals surface area contributed by atoms with Crippen LogP contribution in [0.5, 0.6) is 0 Å². The Labute approximate surface area is 108 Å². The molecule has 0 saturated heterocycles. The number of hydrogen-bond acceptors (Lipinski definition) is 2. The first-order chi connectivity index (χ1) is 8.79. The van der Waals surface area contributed by atoms with E-state index in [0.29, 0.717) is 17.7 Å². The van der Waals surface area contributed by atoms with Crippen molar-refractivity contribution in [3.05, 3.63) is 0 Å². The van der Waals surface area contributed by atoms with Crippen LogP contribution in [0.1, 0.15) is 38.5 Å². The van der Waals surface area contributed by atoms with E-state index in [9.17, 15) is 9.90 Å². The van der Waals surface area contributed by atoms with Gasteiger partial charge in [0.15, 0.2) is 0 Å². The summed E-state index contributed by atoms with van der Waals surface area (Å²) in [5.74, 6) is 4.17. The summed E-state index contributed by atoms with van der Waals surface area (Å²) in [6, 6.07) is 0.251. The number of rotatable bonds is 3. The molecule has 0 aliphatic heterocycles. The molecule has 0 aromatic rings. The normalized spacial score (nSPS) is 52.4. The van der Waals surface area contributed by atoms with Crippen molar-refractivity contribution in [2.45, 2.75) is 44.6 Å². The molecule has 0 spiro atoms. The van der Waals surface area contributed by atoms with Crippen molar-refractivity contribution in [3.63, 3.8) is 0 Å². The molecular weight excluding hydrogens is 226 g/mol. The maximum Gasteiger partial charge on any atom is 0.223 e. The summed E-state index contributed by atoms with van der Waals surface area (Å²) in [6.45, 7) is 0.230. The second kappa shape index (κ2) is 3.96. The summed E-state index contributed by atoms with van der Waals surface area (Å²) in [5, 5.41) is 12.5. The smallest absolute Gasteiger partial charge is 0.223 e. The third-order valence-electron chi connectivity index (χ3n) is 6.26. The van der Waals surface area contributed by atoms with Crippen LogP contribution in [-0.4, -0.2) is 23.7 Å². The molecule has 0 aromatic heterocycles. The van der Waals surface area contributed by atoms with E-state index in [2.05, 4.69) is 5.32 Å². The van der Waals surface area contributed by atoms with Gasteiger partial charge in [0.1, 0.15) is 0 Å². The van der Waals surface area contributed by atoms with Crippen molar-refractivity contribution in [2.24, 2.45) is 35.5 Å². The Balaban J connectivity index is 1.38. The van der Waals surface area contributed by atoms with Crippen LogP contribution in [0.4, 0.5) is 0 Å². The van der Waals surface area contributed by atoms with Crippen LogP contribution in [0, 0.1) is 35.5 Å². The minimum atomic E-state index is 0.230. The Bertz CT molecular complexity index is 354. The quantitative estimate of drug-likeness (QED) is 0.797. The molecule has 0 aromatic carbocycles. The van der Waals surface area contributed by atoms with Gasteiger partial charge in [-0.3, -0.25) is 4.79 Å². The fourth-order valence-corrected chi connectivity index (χ4v) is 5.40. The average molecular weight is 249 g/mol. The fraction of sp³-hybridized carbons (Fsp3) is 0.933. The lowest BCUT2D eigenvalue weighted by Crippen LogP contribution is -2.40. The van der Waals surface area contributed by atoms with Gasteiger partial charge < -0.3 is 10.4 Å². The Morgan fingerprint density at radius 2 is 1.83 bits per heavy atom. The first-order valence-corrected chi connectivity index (χ1v) is 7.71. The maximum atomic E-state index is 12.4. The number of fused-ring (bicyclic) bond motifs is 5. The molecule has 6 unspecified atom stereocenters. The molecule has 3 heteroatoms. The number of carbonyl (C=O) groups excluding carboxylic acids is 1. The Hall–Kier alpha value is -0.570. The highest BCUT2D eigenvalue weighted by Crippen LogP contribution is 2.69.